The highest BCUT2D eigenvalue weighted by molar-refractivity contribution is 5.82. The highest BCUT2D eigenvalue weighted by atomic mass is 16.2. The summed E-state index contributed by atoms with van der Waals surface area (Å²) in [4.78, 5) is 19.6. The first kappa shape index (κ1) is 17.2. The van der Waals surface area contributed by atoms with Crippen LogP contribution in [0.25, 0.3) is 0 Å². The quantitative estimate of drug-likeness (QED) is 0.901. The standard InChI is InChI=1S/C22H27N3O/c1-17-6-5-9-19(24-17)16-25-12-10-22(11-13-25)14-20(22)21(26)23-15-18-7-3-2-4-8-18/h2-9,20H,10-16H2,1H3,(H,23,26). The van der Waals surface area contributed by atoms with Gasteiger partial charge in [-0.2, -0.15) is 0 Å². The van der Waals surface area contributed by atoms with Gasteiger partial charge < -0.3 is 5.32 Å². The van der Waals surface area contributed by atoms with Crippen molar-refractivity contribution in [3.8, 4) is 0 Å². The van der Waals surface area contributed by atoms with Crippen molar-refractivity contribution in [1.29, 1.82) is 0 Å². The number of carbonyl (C=O) groups excluding carboxylic acids is 1. The van der Waals surface area contributed by atoms with Gasteiger partial charge >= 0.3 is 0 Å². The van der Waals surface area contributed by atoms with Crippen LogP contribution in [0.2, 0.25) is 0 Å². The number of likely N-dealkylation sites (tertiary alicyclic amines) is 1. The lowest BCUT2D eigenvalue weighted by Gasteiger charge is -2.32. The van der Waals surface area contributed by atoms with Crippen molar-refractivity contribution >= 4 is 5.91 Å². The number of aromatic nitrogens is 1. The number of carbonyl (C=O) groups is 1. The second-order valence-corrected chi connectivity index (χ2v) is 7.87. The fraction of sp³-hybridized carbons (Fsp3) is 0.455. The van der Waals surface area contributed by atoms with Crippen LogP contribution in [0.5, 0.6) is 0 Å². The molecule has 1 spiro atoms. The van der Waals surface area contributed by atoms with Crippen LogP contribution in [0, 0.1) is 18.3 Å². The minimum Gasteiger partial charge on any atom is -0.352 e. The lowest BCUT2D eigenvalue weighted by molar-refractivity contribution is -0.123. The monoisotopic (exact) mass is 349 g/mol. The Kier molecular flexibility index (Phi) is 4.77. The zero-order chi connectivity index (χ0) is 18.0. The molecule has 1 saturated heterocycles. The van der Waals surface area contributed by atoms with E-state index in [4.69, 9.17) is 0 Å². The normalized spacial score (nSPS) is 21.5. The Balaban J connectivity index is 1.25. The van der Waals surface area contributed by atoms with Crippen LogP contribution in [-0.2, 0) is 17.9 Å². The number of nitrogens with zero attached hydrogens (tertiary/aromatic N) is 2. The minimum atomic E-state index is 0.213. The molecule has 4 heteroatoms. The molecule has 1 atom stereocenters. The molecule has 136 valence electrons. The third-order valence-electron chi connectivity index (χ3n) is 6.00. The molecule has 2 aliphatic rings. The molecular weight excluding hydrogens is 322 g/mol. The molecule has 1 saturated carbocycles. The van der Waals surface area contributed by atoms with Gasteiger partial charge in [0.1, 0.15) is 0 Å². The average Bonchev–Trinajstić information content (AvgIpc) is 3.36. The average molecular weight is 349 g/mol. The van der Waals surface area contributed by atoms with Crippen LogP contribution >= 0.6 is 0 Å². The molecule has 4 rings (SSSR count). The van der Waals surface area contributed by atoms with Gasteiger partial charge in [0.25, 0.3) is 0 Å². The fourth-order valence-electron chi connectivity index (χ4n) is 4.25. The zero-order valence-electron chi connectivity index (χ0n) is 15.4. The van der Waals surface area contributed by atoms with Crippen LogP contribution in [0.15, 0.2) is 48.5 Å². The number of amides is 1. The van der Waals surface area contributed by atoms with Crippen molar-refractivity contribution in [3.63, 3.8) is 0 Å². The molecular formula is C22H27N3O. The maximum absolute atomic E-state index is 12.5. The number of nitrogens with one attached hydrogen (secondary N) is 1. The van der Waals surface area contributed by atoms with E-state index in [1.165, 1.54) is 0 Å². The van der Waals surface area contributed by atoms with E-state index in [1.807, 2.05) is 31.2 Å². The Bertz CT molecular complexity index is 766. The first-order valence-corrected chi connectivity index (χ1v) is 9.61. The summed E-state index contributed by atoms with van der Waals surface area (Å²) >= 11 is 0. The minimum absolute atomic E-state index is 0.213. The van der Waals surface area contributed by atoms with Crippen molar-refractivity contribution in [2.45, 2.75) is 39.3 Å². The van der Waals surface area contributed by atoms with Gasteiger partial charge in [-0.05, 0) is 62.4 Å². The van der Waals surface area contributed by atoms with Gasteiger partial charge in [-0.25, -0.2) is 0 Å². The number of rotatable bonds is 5. The number of hydrogen-bond acceptors (Lipinski definition) is 3. The van der Waals surface area contributed by atoms with E-state index in [-0.39, 0.29) is 17.2 Å². The molecule has 1 unspecified atom stereocenters. The lowest BCUT2D eigenvalue weighted by Crippen LogP contribution is -2.36. The first-order valence-electron chi connectivity index (χ1n) is 9.61. The summed E-state index contributed by atoms with van der Waals surface area (Å²) < 4.78 is 0. The molecule has 2 heterocycles. The lowest BCUT2D eigenvalue weighted by atomic mass is 9.90. The van der Waals surface area contributed by atoms with Crippen molar-refractivity contribution in [2.24, 2.45) is 11.3 Å². The number of benzene rings is 1. The fourth-order valence-corrected chi connectivity index (χ4v) is 4.25. The Morgan fingerprint density at radius 1 is 1.15 bits per heavy atom. The summed E-state index contributed by atoms with van der Waals surface area (Å²) in [6.45, 7) is 5.73. The van der Waals surface area contributed by atoms with E-state index in [1.54, 1.807) is 0 Å². The molecule has 0 radical (unpaired) electrons. The topological polar surface area (TPSA) is 45.2 Å². The van der Waals surface area contributed by atoms with Crippen LogP contribution in [0.3, 0.4) is 0 Å². The molecule has 26 heavy (non-hydrogen) atoms. The number of aryl methyl sites for hydroxylation is 1. The third kappa shape index (κ3) is 3.80. The molecule has 1 aliphatic carbocycles. The first-order chi connectivity index (χ1) is 12.6. The molecule has 4 nitrogen and oxygen atoms in total. The van der Waals surface area contributed by atoms with E-state index < -0.39 is 0 Å². The summed E-state index contributed by atoms with van der Waals surface area (Å²) in [5.74, 6) is 0.452. The van der Waals surface area contributed by atoms with Gasteiger partial charge in [-0.15, -0.1) is 0 Å². The molecule has 1 aromatic carbocycles. The zero-order valence-corrected chi connectivity index (χ0v) is 15.4. The van der Waals surface area contributed by atoms with E-state index in [2.05, 4.69) is 39.5 Å². The molecule has 0 bridgehead atoms. The summed E-state index contributed by atoms with van der Waals surface area (Å²) in [6.07, 6.45) is 3.31. The summed E-state index contributed by atoms with van der Waals surface area (Å²) in [5.41, 5.74) is 3.65. The highest BCUT2D eigenvalue weighted by Crippen LogP contribution is 2.59. The van der Waals surface area contributed by atoms with Gasteiger partial charge in [0.05, 0.1) is 5.69 Å². The second-order valence-electron chi connectivity index (χ2n) is 7.87. The summed E-state index contributed by atoms with van der Waals surface area (Å²) in [5, 5.41) is 3.13. The molecule has 1 aromatic heterocycles. The molecule has 1 N–H and O–H groups in total. The summed E-state index contributed by atoms with van der Waals surface area (Å²) in [7, 11) is 0. The van der Waals surface area contributed by atoms with Crippen molar-refractivity contribution in [1.82, 2.24) is 15.2 Å². The molecule has 2 fully saturated rings. The van der Waals surface area contributed by atoms with Gasteiger partial charge in [-0.3, -0.25) is 14.7 Å². The second kappa shape index (κ2) is 7.20. The van der Waals surface area contributed by atoms with Gasteiger partial charge in [0.2, 0.25) is 5.91 Å². The van der Waals surface area contributed by atoms with E-state index >= 15 is 0 Å². The van der Waals surface area contributed by atoms with Gasteiger partial charge in [-0.1, -0.05) is 36.4 Å². The highest BCUT2D eigenvalue weighted by Gasteiger charge is 2.58. The van der Waals surface area contributed by atoms with Crippen molar-refractivity contribution < 1.29 is 4.79 Å². The largest absolute Gasteiger partial charge is 0.352 e. The Labute approximate surface area is 155 Å². The van der Waals surface area contributed by atoms with Crippen LogP contribution in [0.4, 0.5) is 0 Å². The number of piperidine rings is 1. The summed E-state index contributed by atoms with van der Waals surface area (Å²) in [6, 6.07) is 16.4. The van der Waals surface area contributed by atoms with Crippen LogP contribution < -0.4 is 5.32 Å². The van der Waals surface area contributed by atoms with E-state index in [9.17, 15) is 4.79 Å². The third-order valence-corrected chi connectivity index (χ3v) is 6.00. The molecule has 1 amide bonds. The number of pyridine rings is 1. The Hall–Kier alpha value is -2.20. The van der Waals surface area contributed by atoms with E-state index in [0.717, 1.165) is 55.8 Å². The number of hydrogen-bond donors (Lipinski definition) is 1. The maximum Gasteiger partial charge on any atom is 0.223 e. The Morgan fingerprint density at radius 3 is 2.65 bits per heavy atom. The van der Waals surface area contributed by atoms with Crippen molar-refractivity contribution in [3.05, 3.63) is 65.5 Å². The predicted molar refractivity (Wildman–Crippen MR) is 102 cm³/mol. The smallest absolute Gasteiger partial charge is 0.223 e. The van der Waals surface area contributed by atoms with Crippen molar-refractivity contribution in [2.75, 3.05) is 13.1 Å². The van der Waals surface area contributed by atoms with Crippen LogP contribution in [0.1, 0.15) is 36.2 Å². The van der Waals surface area contributed by atoms with Crippen LogP contribution in [-0.4, -0.2) is 28.9 Å². The Morgan fingerprint density at radius 2 is 1.92 bits per heavy atom. The van der Waals surface area contributed by atoms with Gasteiger partial charge in [0, 0.05) is 24.7 Å². The predicted octanol–water partition coefficient (Wildman–Crippen LogP) is 3.31. The molecule has 1 aliphatic heterocycles. The maximum atomic E-state index is 12.5. The molecule has 2 aromatic rings. The SMILES string of the molecule is Cc1cccc(CN2CCC3(CC2)CC3C(=O)NCc2ccccc2)n1. The van der Waals surface area contributed by atoms with E-state index in [0.29, 0.717) is 6.54 Å². The van der Waals surface area contributed by atoms with Gasteiger partial charge in [0.15, 0.2) is 0 Å².